The number of amides is 1. The SMILES string of the molecule is COc1cccc(NC(=O)Cn2cc(-c3noc(-c4cccc(C)c4)n3)nc2C)c1. The molecule has 0 saturated heterocycles. The molecule has 0 aliphatic heterocycles. The molecule has 2 aromatic carbocycles. The van der Waals surface area contributed by atoms with E-state index in [2.05, 4.69) is 20.4 Å². The molecule has 0 aliphatic rings. The second-order valence-electron chi connectivity index (χ2n) is 6.87. The number of methoxy groups -OCH3 is 1. The number of aromatic nitrogens is 4. The number of aryl methyl sites for hydroxylation is 2. The Labute approximate surface area is 173 Å². The van der Waals surface area contributed by atoms with Crippen LogP contribution >= 0.6 is 0 Å². The second-order valence-corrected chi connectivity index (χ2v) is 6.87. The second kappa shape index (κ2) is 8.20. The van der Waals surface area contributed by atoms with Gasteiger partial charge >= 0.3 is 0 Å². The molecule has 1 N–H and O–H groups in total. The van der Waals surface area contributed by atoms with Crippen LogP contribution in [0.15, 0.2) is 59.3 Å². The third kappa shape index (κ3) is 4.22. The number of carbonyl (C=O) groups is 1. The fourth-order valence-electron chi connectivity index (χ4n) is 3.06. The van der Waals surface area contributed by atoms with E-state index in [1.54, 1.807) is 30.0 Å². The largest absolute Gasteiger partial charge is 0.497 e. The molecule has 0 spiro atoms. The highest BCUT2D eigenvalue weighted by Gasteiger charge is 2.16. The van der Waals surface area contributed by atoms with Gasteiger partial charge in [-0.2, -0.15) is 4.98 Å². The summed E-state index contributed by atoms with van der Waals surface area (Å²) in [5.74, 6) is 1.98. The Morgan fingerprint density at radius 2 is 1.97 bits per heavy atom. The lowest BCUT2D eigenvalue weighted by Gasteiger charge is -2.08. The molecule has 0 radical (unpaired) electrons. The predicted molar refractivity (Wildman–Crippen MR) is 112 cm³/mol. The van der Waals surface area contributed by atoms with E-state index in [0.717, 1.165) is 11.1 Å². The molecular formula is C22H21N5O3. The van der Waals surface area contributed by atoms with Crippen molar-refractivity contribution in [3.63, 3.8) is 0 Å². The van der Waals surface area contributed by atoms with E-state index < -0.39 is 0 Å². The number of rotatable bonds is 6. The Morgan fingerprint density at radius 1 is 1.13 bits per heavy atom. The Bertz CT molecular complexity index is 1190. The van der Waals surface area contributed by atoms with Crippen molar-refractivity contribution < 1.29 is 14.1 Å². The summed E-state index contributed by atoms with van der Waals surface area (Å²) in [7, 11) is 1.58. The fourth-order valence-corrected chi connectivity index (χ4v) is 3.06. The lowest BCUT2D eigenvalue weighted by molar-refractivity contribution is -0.116. The number of ether oxygens (including phenoxy) is 1. The molecule has 0 saturated carbocycles. The summed E-state index contributed by atoms with van der Waals surface area (Å²) in [6, 6.07) is 15.0. The summed E-state index contributed by atoms with van der Waals surface area (Å²) in [6.45, 7) is 3.94. The number of nitrogens with one attached hydrogen (secondary N) is 1. The van der Waals surface area contributed by atoms with Gasteiger partial charge in [-0.1, -0.05) is 28.9 Å². The van der Waals surface area contributed by atoms with E-state index in [9.17, 15) is 4.79 Å². The molecule has 2 aromatic heterocycles. The van der Waals surface area contributed by atoms with E-state index in [4.69, 9.17) is 9.26 Å². The normalized spacial score (nSPS) is 10.8. The Balaban J connectivity index is 1.49. The average Bonchev–Trinajstić information content (AvgIpc) is 3.35. The van der Waals surface area contributed by atoms with Crippen molar-refractivity contribution in [1.29, 1.82) is 0 Å². The molecule has 152 valence electrons. The van der Waals surface area contributed by atoms with Crippen molar-refractivity contribution in [3.05, 3.63) is 66.1 Å². The number of carbonyl (C=O) groups excluding carboxylic acids is 1. The summed E-state index contributed by atoms with van der Waals surface area (Å²) in [5.41, 5.74) is 3.17. The van der Waals surface area contributed by atoms with Crippen molar-refractivity contribution in [2.24, 2.45) is 0 Å². The van der Waals surface area contributed by atoms with Crippen molar-refractivity contribution in [2.75, 3.05) is 12.4 Å². The van der Waals surface area contributed by atoms with E-state index in [0.29, 0.717) is 34.7 Å². The number of hydrogen-bond acceptors (Lipinski definition) is 6. The summed E-state index contributed by atoms with van der Waals surface area (Å²) < 4.78 is 12.3. The summed E-state index contributed by atoms with van der Waals surface area (Å²) in [4.78, 5) is 21.4. The Kier molecular flexibility index (Phi) is 5.30. The zero-order valence-electron chi connectivity index (χ0n) is 16.9. The van der Waals surface area contributed by atoms with Crippen LogP contribution in [0.1, 0.15) is 11.4 Å². The van der Waals surface area contributed by atoms with Crippen molar-refractivity contribution in [2.45, 2.75) is 20.4 Å². The van der Waals surface area contributed by atoms with E-state index in [1.807, 2.05) is 50.2 Å². The maximum atomic E-state index is 12.5. The number of hydrogen-bond donors (Lipinski definition) is 1. The lowest BCUT2D eigenvalue weighted by atomic mass is 10.1. The van der Waals surface area contributed by atoms with Crippen LogP contribution in [0.4, 0.5) is 5.69 Å². The minimum absolute atomic E-state index is 0.110. The van der Waals surface area contributed by atoms with Crippen LogP contribution in [0.5, 0.6) is 5.75 Å². The highest BCUT2D eigenvalue weighted by Crippen LogP contribution is 2.23. The van der Waals surface area contributed by atoms with Crippen LogP contribution < -0.4 is 10.1 Å². The first-order chi connectivity index (χ1) is 14.5. The summed E-state index contributed by atoms with van der Waals surface area (Å²) in [5, 5.41) is 6.89. The van der Waals surface area contributed by atoms with Crippen molar-refractivity contribution in [3.8, 4) is 28.7 Å². The van der Waals surface area contributed by atoms with Gasteiger partial charge in [0.05, 0.1) is 7.11 Å². The molecule has 0 unspecified atom stereocenters. The topological polar surface area (TPSA) is 95.1 Å². The Hall–Kier alpha value is -3.94. The third-order valence-electron chi connectivity index (χ3n) is 4.56. The van der Waals surface area contributed by atoms with Gasteiger partial charge < -0.3 is 19.1 Å². The molecule has 8 nitrogen and oxygen atoms in total. The van der Waals surface area contributed by atoms with Gasteiger partial charge in [-0.3, -0.25) is 4.79 Å². The lowest BCUT2D eigenvalue weighted by Crippen LogP contribution is -2.19. The first-order valence-electron chi connectivity index (χ1n) is 9.40. The third-order valence-corrected chi connectivity index (χ3v) is 4.56. The molecule has 0 bridgehead atoms. The monoisotopic (exact) mass is 403 g/mol. The van der Waals surface area contributed by atoms with Crippen LogP contribution in [-0.4, -0.2) is 32.7 Å². The zero-order chi connectivity index (χ0) is 21.1. The predicted octanol–water partition coefficient (Wildman–Crippen LogP) is 3.86. The summed E-state index contributed by atoms with van der Waals surface area (Å²) in [6.07, 6.45) is 1.74. The number of benzene rings is 2. The molecule has 4 aromatic rings. The molecule has 1 amide bonds. The minimum atomic E-state index is -0.177. The smallest absolute Gasteiger partial charge is 0.258 e. The molecule has 0 aliphatic carbocycles. The summed E-state index contributed by atoms with van der Waals surface area (Å²) >= 11 is 0. The molecule has 30 heavy (non-hydrogen) atoms. The number of anilines is 1. The van der Waals surface area contributed by atoms with Crippen molar-refractivity contribution in [1.82, 2.24) is 19.7 Å². The van der Waals surface area contributed by atoms with Crippen LogP contribution in [-0.2, 0) is 11.3 Å². The minimum Gasteiger partial charge on any atom is -0.497 e. The highest BCUT2D eigenvalue weighted by molar-refractivity contribution is 5.90. The average molecular weight is 403 g/mol. The van der Waals surface area contributed by atoms with Gasteiger partial charge in [0.2, 0.25) is 11.7 Å². The molecule has 0 atom stereocenters. The van der Waals surface area contributed by atoms with Gasteiger partial charge in [0.25, 0.3) is 5.89 Å². The number of imidazole rings is 1. The van der Waals surface area contributed by atoms with Crippen LogP contribution in [0.25, 0.3) is 23.0 Å². The molecule has 8 heteroatoms. The van der Waals surface area contributed by atoms with Crippen LogP contribution in [0, 0.1) is 13.8 Å². The van der Waals surface area contributed by atoms with Gasteiger partial charge in [0.1, 0.15) is 23.8 Å². The quantitative estimate of drug-likeness (QED) is 0.525. The van der Waals surface area contributed by atoms with Gasteiger partial charge in [-0.05, 0) is 38.1 Å². The number of nitrogens with zero attached hydrogens (tertiary/aromatic N) is 4. The molecule has 0 fully saturated rings. The standard InChI is InChI=1S/C22H21N5O3/c1-14-6-4-7-16(10-14)22-25-21(26-30-22)19-12-27(15(2)23-19)13-20(28)24-17-8-5-9-18(11-17)29-3/h4-12H,13H2,1-3H3,(H,24,28). The molecular weight excluding hydrogens is 382 g/mol. The van der Waals surface area contributed by atoms with E-state index in [-0.39, 0.29) is 12.5 Å². The first-order valence-corrected chi connectivity index (χ1v) is 9.40. The van der Waals surface area contributed by atoms with E-state index in [1.165, 1.54) is 0 Å². The maximum absolute atomic E-state index is 12.5. The maximum Gasteiger partial charge on any atom is 0.258 e. The molecule has 4 rings (SSSR count). The fraction of sp³-hybridized carbons (Fsp3) is 0.182. The first kappa shape index (κ1) is 19.4. The molecule has 2 heterocycles. The van der Waals surface area contributed by atoms with E-state index >= 15 is 0 Å². The van der Waals surface area contributed by atoms with Gasteiger partial charge in [0.15, 0.2) is 0 Å². The highest BCUT2D eigenvalue weighted by atomic mass is 16.5. The van der Waals surface area contributed by atoms with Gasteiger partial charge in [-0.15, -0.1) is 0 Å². The van der Waals surface area contributed by atoms with Gasteiger partial charge in [0, 0.05) is 23.5 Å². The van der Waals surface area contributed by atoms with Crippen LogP contribution in [0.2, 0.25) is 0 Å². The zero-order valence-corrected chi connectivity index (χ0v) is 16.9. The van der Waals surface area contributed by atoms with Gasteiger partial charge in [-0.25, -0.2) is 4.98 Å². The van der Waals surface area contributed by atoms with Crippen molar-refractivity contribution >= 4 is 11.6 Å². The Morgan fingerprint density at radius 3 is 2.77 bits per heavy atom. The van der Waals surface area contributed by atoms with Crippen LogP contribution in [0.3, 0.4) is 0 Å².